The lowest BCUT2D eigenvalue weighted by atomic mass is 9.97. The zero-order chi connectivity index (χ0) is 15.6. The maximum atomic E-state index is 4.68. The van der Waals surface area contributed by atoms with Gasteiger partial charge in [-0.05, 0) is 25.7 Å². The highest BCUT2D eigenvalue weighted by Crippen LogP contribution is 2.33. The molecular weight excluding hydrogens is 288 g/mol. The van der Waals surface area contributed by atoms with Gasteiger partial charge in [-0.1, -0.05) is 0 Å². The molecule has 0 radical (unpaired) electrons. The van der Waals surface area contributed by atoms with Gasteiger partial charge in [0.25, 0.3) is 0 Å². The second-order valence-electron chi connectivity index (χ2n) is 6.58. The van der Waals surface area contributed by atoms with E-state index in [1.54, 1.807) is 0 Å². The number of hydrogen-bond acceptors (Lipinski definition) is 5. The molecule has 1 atom stereocenters. The van der Waals surface area contributed by atoms with Gasteiger partial charge < -0.3 is 14.4 Å². The van der Waals surface area contributed by atoms with E-state index in [0.717, 1.165) is 37.8 Å². The van der Waals surface area contributed by atoms with E-state index in [9.17, 15) is 0 Å². The van der Waals surface area contributed by atoms with Gasteiger partial charge in [0.1, 0.15) is 5.82 Å². The lowest BCUT2D eigenvalue weighted by Gasteiger charge is -2.35. The average molecular weight is 312 g/mol. The fourth-order valence-electron chi connectivity index (χ4n) is 3.85. The highest BCUT2D eigenvalue weighted by Gasteiger charge is 2.28. The van der Waals surface area contributed by atoms with Crippen LogP contribution in [0.3, 0.4) is 0 Å². The van der Waals surface area contributed by atoms with Crippen LogP contribution in [0.4, 0.5) is 11.6 Å². The van der Waals surface area contributed by atoms with Crippen LogP contribution >= 0.6 is 0 Å². The Morgan fingerprint density at radius 1 is 0.870 bits per heavy atom. The number of nitrogens with zero attached hydrogens (tertiary/aromatic N) is 6. The smallest absolute Gasteiger partial charge is 0.172 e. The van der Waals surface area contributed by atoms with Crippen molar-refractivity contribution in [1.82, 2.24) is 19.5 Å². The number of aryl methyl sites for hydroxylation is 1. The van der Waals surface area contributed by atoms with Gasteiger partial charge >= 0.3 is 0 Å². The molecule has 0 aliphatic carbocycles. The van der Waals surface area contributed by atoms with E-state index in [0.29, 0.717) is 5.92 Å². The first kappa shape index (κ1) is 14.5. The van der Waals surface area contributed by atoms with Crippen molar-refractivity contribution in [1.29, 1.82) is 0 Å². The third-order valence-corrected chi connectivity index (χ3v) is 5.01. The van der Waals surface area contributed by atoms with Gasteiger partial charge in [-0.25, -0.2) is 15.0 Å². The molecule has 2 aromatic heterocycles. The zero-order valence-electron chi connectivity index (χ0n) is 13.7. The number of piperidine rings is 1. The van der Waals surface area contributed by atoms with Crippen LogP contribution in [0.15, 0.2) is 24.8 Å². The highest BCUT2D eigenvalue weighted by atomic mass is 15.3. The maximum absolute atomic E-state index is 4.68. The third-order valence-electron chi connectivity index (χ3n) is 5.01. The minimum Gasteiger partial charge on any atom is -0.354 e. The first-order valence-electron chi connectivity index (χ1n) is 8.61. The van der Waals surface area contributed by atoms with Gasteiger partial charge in [-0.15, -0.1) is 0 Å². The molecule has 2 saturated heterocycles. The Morgan fingerprint density at radius 3 is 2.26 bits per heavy atom. The number of hydrogen-bond donors (Lipinski definition) is 0. The fraction of sp³-hybridized carbons (Fsp3) is 0.588. The number of imidazole rings is 1. The van der Waals surface area contributed by atoms with E-state index >= 15 is 0 Å². The molecule has 6 heteroatoms. The van der Waals surface area contributed by atoms with Crippen molar-refractivity contribution < 1.29 is 0 Å². The Balaban J connectivity index is 1.59. The third kappa shape index (κ3) is 2.78. The van der Waals surface area contributed by atoms with Crippen molar-refractivity contribution in [2.24, 2.45) is 7.05 Å². The summed E-state index contributed by atoms with van der Waals surface area (Å²) in [5, 5.41) is 0. The molecular formula is C17H24N6. The van der Waals surface area contributed by atoms with Crippen molar-refractivity contribution in [2.75, 3.05) is 36.0 Å². The number of aromatic nitrogens is 4. The standard InChI is InChI=1S/C17H24N6/c1-21-12-8-20-15(21)14-5-4-11-23(13-14)17-16(18-6-7-19-17)22-9-2-3-10-22/h6-8,12,14H,2-5,9-11,13H2,1H3/t14-/m1/s1. The largest absolute Gasteiger partial charge is 0.354 e. The molecule has 122 valence electrons. The van der Waals surface area contributed by atoms with Crippen molar-refractivity contribution in [3.8, 4) is 0 Å². The average Bonchev–Trinajstić information content (AvgIpc) is 3.26. The van der Waals surface area contributed by atoms with Gasteiger partial charge in [0.2, 0.25) is 0 Å². The predicted molar refractivity (Wildman–Crippen MR) is 90.9 cm³/mol. The number of rotatable bonds is 3. The van der Waals surface area contributed by atoms with Gasteiger partial charge in [0, 0.05) is 63.9 Å². The van der Waals surface area contributed by atoms with E-state index in [2.05, 4.69) is 36.4 Å². The van der Waals surface area contributed by atoms with Gasteiger partial charge in [-0.2, -0.15) is 0 Å². The second kappa shape index (κ2) is 6.18. The van der Waals surface area contributed by atoms with Crippen LogP contribution in [0.25, 0.3) is 0 Å². The lowest BCUT2D eigenvalue weighted by Crippen LogP contribution is -2.37. The number of anilines is 2. The molecule has 2 fully saturated rings. The van der Waals surface area contributed by atoms with Crippen molar-refractivity contribution in [3.05, 3.63) is 30.6 Å². The zero-order valence-corrected chi connectivity index (χ0v) is 13.7. The molecule has 2 aliphatic rings. The Bertz CT molecular complexity index is 661. The van der Waals surface area contributed by atoms with Crippen molar-refractivity contribution >= 4 is 11.6 Å². The van der Waals surface area contributed by atoms with Crippen LogP contribution in [0.1, 0.15) is 37.4 Å². The molecule has 4 heterocycles. The Labute approximate surface area is 137 Å². The summed E-state index contributed by atoms with van der Waals surface area (Å²) in [6.07, 6.45) is 12.4. The second-order valence-corrected chi connectivity index (χ2v) is 6.58. The molecule has 0 aromatic carbocycles. The Kier molecular flexibility index (Phi) is 3.89. The molecule has 0 bridgehead atoms. The van der Waals surface area contributed by atoms with Gasteiger partial charge in [0.05, 0.1) is 0 Å². The lowest BCUT2D eigenvalue weighted by molar-refractivity contribution is 0.478. The van der Waals surface area contributed by atoms with E-state index < -0.39 is 0 Å². The quantitative estimate of drug-likeness (QED) is 0.869. The highest BCUT2D eigenvalue weighted by molar-refractivity contribution is 5.63. The fourth-order valence-corrected chi connectivity index (χ4v) is 3.85. The monoisotopic (exact) mass is 312 g/mol. The van der Waals surface area contributed by atoms with E-state index in [1.807, 2.05) is 24.8 Å². The SMILES string of the molecule is Cn1ccnc1[C@@H]1CCCN(c2nccnc2N2CCCC2)C1. The Hall–Kier alpha value is -2.11. The first-order chi connectivity index (χ1) is 11.3. The van der Waals surface area contributed by atoms with Gasteiger partial charge in [-0.3, -0.25) is 0 Å². The summed E-state index contributed by atoms with van der Waals surface area (Å²) in [5.41, 5.74) is 0. The molecule has 6 nitrogen and oxygen atoms in total. The van der Waals surface area contributed by atoms with Crippen molar-refractivity contribution in [2.45, 2.75) is 31.6 Å². The van der Waals surface area contributed by atoms with Crippen LogP contribution in [0, 0.1) is 0 Å². The summed E-state index contributed by atoms with van der Waals surface area (Å²) in [4.78, 5) is 18.7. The molecule has 2 aromatic rings. The summed E-state index contributed by atoms with van der Waals surface area (Å²) in [6.45, 7) is 4.23. The maximum Gasteiger partial charge on any atom is 0.172 e. The topological polar surface area (TPSA) is 50.1 Å². The summed E-state index contributed by atoms with van der Waals surface area (Å²) >= 11 is 0. The van der Waals surface area contributed by atoms with Crippen LogP contribution < -0.4 is 9.80 Å². The molecule has 2 aliphatic heterocycles. The van der Waals surface area contributed by atoms with Crippen LogP contribution in [0.5, 0.6) is 0 Å². The minimum absolute atomic E-state index is 0.470. The molecule has 23 heavy (non-hydrogen) atoms. The summed E-state index contributed by atoms with van der Waals surface area (Å²) in [7, 11) is 2.08. The molecule has 0 unspecified atom stereocenters. The van der Waals surface area contributed by atoms with E-state index in [-0.39, 0.29) is 0 Å². The predicted octanol–water partition coefficient (Wildman–Crippen LogP) is 2.19. The van der Waals surface area contributed by atoms with E-state index in [4.69, 9.17) is 0 Å². The molecule has 0 N–H and O–H groups in total. The molecule has 0 saturated carbocycles. The molecule has 0 spiro atoms. The molecule has 0 amide bonds. The summed E-state index contributed by atoms with van der Waals surface area (Å²) < 4.78 is 2.15. The Morgan fingerprint density at radius 2 is 1.57 bits per heavy atom. The van der Waals surface area contributed by atoms with Gasteiger partial charge in [0.15, 0.2) is 11.6 Å². The summed E-state index contributed by atoms with van der Waals surface area (Å²) in [5.74, 6) is 3.76. The molecule has 4 rings (SSSR count). The minimum atomic E-state index is 0.470. The van der Waals surface area contributed by atoms with Crippen molar-refractivity contribution in [3.63, 3.8) is 0 Å². The van der Waals surface area contributed by atoms with Crippen LogP contribution in [-0.4, -0.2) is 45.7 Å². The normalized spacial score (nSPS) is 21.9. The van der Waals surface area contributed by atoms with E-state index in [1.165, 1.54) is 31.5 Å². The summed E-state index contributed by atoms with van der Waals surface area (Å²) in [6, 6.07) is 0. The van der Waals surface area contributed by atoms with Crippen LogP contribution in [0.2, 0.25) is 0 Å². The van der Waals surface area contributed by atoms with Crippen LogP contribution in [-0.2, 0) is 7.05 Å². The first-order valence-corrected chi connectivity index (χ1v) is 8.61.